The Kier molecular flexibility index (Phi) is 3.71. The largest absolute Gasteiger partial charge is 0.455 e. The molecule has 0 aliphatic rings. The third kappa shape index (κ3) is 2.27. The molecule has 96 valence electrons. The molecule has 0 aliphatic carbocycles. The molecule has 18 heavy (non-hydrogen) atoms. The molecular weight excluding hydrogens is 256 g/mol. The second-order valence-electron chi connectivity index (χ2n) is 3.82. The van der Waals surface area contributed by atoms with Crippen LogP contribution in [0.4, 0.5) is 0 Å². The molecule has 5 heteroatoms. The van der Waals surface area contributed by atoms with Crippen LogP contribution < -0.4 is 5.43 Å². The second-order valence-corrected chi connectivity index (χ2v) is 4.09. The van der Waals surface area contributed by atoms with Crippen LogP contribution in [0.2, 0.25) is 0 Å². The van der Waals surface area contributed by atoms with E-state index in [1.165, 1.54) is 6.07 Å². The van der Waals surface area contributed by atoms with Gasteiger partial charge in [-0.2, -0.15) is 0 Å². The first-order chi connectivity index (χ1) is 8.60. The quantitative estimate of drug-likeness (QED) is 0.682. The summed E-state index contributed by atoms with van der Waals surface area (Å²) in [7, 11) is 0. The third-order valence-electron chi connectivity index (χ3n) is 2.58. The number of benzene rings is 1. The van der Waals surface area contributed by atoms with E-state index >= 15 is 0 Å². The van der Waals surface area contributed by atoms with E-state index in [1.54, 1.807) is 31.2 Å². The number of rotatable bonds is 4. The van der Waals surface area contributed by atoms with Crippen molar-refractivity contribution < 1.29 is 14.3 Å². The maximum absolute atomic E-state index is 11.9. The van der Waals surface area contributed by atoms with Crippen LogP contribution in [0.1, 0.15) is 12.7 Å². The Morgan fingerprint density at radius 3 is 2.83 bits per heavy atom. The molecule has 1 unspecified atom stereocenters. The summed E-state index contributed by atoms with van der Waals surface area (Å²) >= 11 is 5.69. The minimum atomic E-state index is -1.78. The molecule has 0 spiro atoms. The topological polar surface area (TPSA) is 59.7 Å². The fourth-order valence-corrected chi connectivity index (χ4v) is 1.92. The SMILES string of the molecule is CCOC(O)(CCl)c1cc(=O)c2ccccc2o1. The summed E-state index contributed by atoms with van der Waals surface area (Å²) in [5.41, 5.74) is 0.151. The van der Waals surface area contributed by atoms with Gasteiger partial charge in [0.25, 0.3) is 0 Å². The van der Waals surface area contributed by atoms with Gasteiger partial charge in [0.15, 0.2) is 11.2 Å². The number of para-hydroxylation sites is 1. The first-order valence-electron chi connectivity index (χ1n) is 5.56. The van der Waals surface area contributed by atoms with Gasteiger partial charge in [-0.3, -0.25) is 4.79 Å². The molecule has 1 heterocycles. The summed E-state index contributed by atoms with van der Waals surface area (Å²) in [6.45, 7) is 1.97. The van der Waals surface area contributed by atoms with Gasteiger partial charge in [0.2, 0.25) is 5.79 Å². The predicted octanol–water partition coefficient (Wildman–Crippen LogP) is 2.21. The molecule has 0 amide bonds. The standard InChI is InChI=1S/C13H13ClO4/c1-2-17-13(16,8-14)12-7-10(15)9-5-3-4-6-11(9)18-12/h3-7,16H,2,8H2,1H3. The Labute approximate surface area is 109 Å². The fourth-order valence-electron chi connectivity index (χ4n) is 1.71. The molecule has 0 bridgehead atoms. The summed E-state index contributed by atoms with van der Waals surface area (Å²) in [6.07, 6.45) is 0. The van der Waals surface area contributed by atoms with Crippen LogP contribution >= 0.6 is 11.6 Å². The molecule has 0 fully saturated rings. The molecule has 4 nitrogen and oxygen atoms in total. The van der Waals surface area contributed by atoms with Crippen molar-refractivity contribution in [2.45, 2.75) is 12.7 Å². The lowest BCUT2D eigenvalue weighted by Crippen LogP contribution is -2.32. The van der Waals surface area contributed by atoms with E-state index in [0.29, 0.717) is 11.0 Å². The van der Waals surface area contributed by atoms with Crippen molar-refractivity contribution in [1.29, 1.82) is 0 Å². The highest BCUT2D eigenvalue weighted by atomic mass is 35.5. The molecule has 2 rings (SSSR count). The van der Waals surface area contributed by atoms with Gasteiger partial charge in [-0.1, -0.05) is 12.1 Å². The van der Waals surface area contributed by atoms with Crippen molar-refractivity contribution in [3.63, 3.8) is 0 Å². The molecular formula is C13H13ClO4. The molecule has 1 atom stereocenters. The van der Waals surface area contributed by atoms with Crippen LogP contribution in [0, 0.1) is 0 Å². The van der Waals surface area contributed by atoms with Crippen molar-refractivity contribution in [2.75, 3.05) is 12.5 Å². The minimum Gasteiger partial charge on any atom is -0.455 e. The number of halogens is 1. The number of alkyl halides is 1. The van der Waals surface area contributed by atoms with E-state index in [0.717, 1.165) is 0 Å². The van der Waals surface area contributed by atoms with E-state index < -0.39 is 5.79 Å². The molecule has 0 radical (unpaired) electrons. The summed E-state index contributed by atoms with van der Waals surface area (Å²) in [5, 5.41) is 10.6. The highest BCUT2D eigenvalue weighted by molar-refractivity contribution is 6.18. The first kappa shape index (κ1) is 13.1. The number of ether oxygens (including phenoxy) is 1. The normalized spacial score (nSPS) is 14.6. The Balaban J connectivity index is 2.62. The summed E-state index contributed by atoms with van der Waals surface area (Å²) in [5.74, 6) is -1.98. The summed E-state index contributed by atoms with van der Waals surface area (Å²) in [6, 6.07) is 8.01. The van der Waals surface area contributed by atoms with Crippen molar-refractivity contribution in [3.05, 3.63) is 46.3 Å². The zero-order valence-electron chi connectivity index (χ0n) is 9.85. The summed E-state index contributed by atoms with van der Waals surface area (Å²) in [4.78, 5) is 11.9. The van der Waals surface area contributed by atoms with Crippen molar-refractivity contribution in [3.8, 4) is 0 Å². The van der Waals surface area contributed by atoms with Crippen LogP contribution in [-0.2, 0) is 10.5 Å². The molecule has 1 aromatic carbocycles. The lowest BCUT2D eigenvalue weighted by atomic mass is 10.1. The van der Waals surface area contributed by atoms with E-state index in [2.05, 4.69) is 0 Å². The predicted molar refractivity (Wildman–Crippen MR) is 68.7 cm³/mol. The number of hydrogen-bond acceptors (Lipinski definition) is 4. The monoisotopic (exact) mass is 268 g/mol. The van der Waals surface area contributed by atoms with Gasteiger partial charge in [-0.15, -0.1) is 11.6 Å². The van der Waals surface area contributed by atoms with Crippen LogP contribution in [0.5, 0.6) is 0 Å². The molecule has 2 aromatic rings. The number of hydrogen-bond donors (Lipinski definition) is 1. The molecule has 1 N–H and O–H groups in total. The highest BCUT2D eigenvalue weighted by Crippen LogP contribution is 2.25. The van der Waals surface area contributed by atoms with Gasteiger partial charge >= 0.3 is 0 Å². The Morgan fingerprint density at radius 2 is 2.17 bits per heavy atom. The third-order valence-corrected chi connectivity index (χ3v) is 2.95. The molecule has 0 saturated carbocycles. The maximum Gasteiger partial charge on any atom is 0.240 e. The molecule has 1 aromatic heterocycles. The van der Waals surface area contributed by atoms with Gasteiger partial charge in [0, 0.05) is 12.7 Å². The maximum atomic E-state index is 11.9. The average molecular weight is 269 g/mol. The van der Waals surface area contributed by atoms with Gasteiger partial charge < -0.3 is 14.3 Å². The smallest absolute Gasteiger partial charge is 0.240 e. The zero-order valence-corrected chi connectivity index (χ0v) is 10.6. The van der Waals surface area contributed by atoms with Crippen molar-refractivity contribution in [1.82, 2.24) is 0 Å². The van der Waals surface area contributed by atoms with Crippen LogP contribution in [0.15, 0.2) is 39.5 Å². The van der Waals surface area contributed by atoms with E-state index in [4.69, 9.17) is 20.8 Å². The first-order valence-corrected chi connectivity index (χ1v) is 6.10. The van der Waals surface area contributed by atoms with Crippen LogP contribution in [0.25, 0.3) is 11.0 Å². The second kappa shape index (κ2) is 5.10. The van der Waals surface area contributed by atoms with E-state index in [1.807, 2.05) is 0 Å². The van der Waals surface area contributed by atoms with Crippen molar-refractivity contribution >= 4 is 22.6 Å². The lowest BCUT2D eigenvalue weighted by molar-refractivity contribution is -0.203. The Morgan fingerprint density at radius 1 is 1.44 bits per heavy atom. The minimum absolute atomic E-state index is 0.0167. The van der Waals surface area contributed by atoms with Crippen LogP contribution in [-0.4, -0.2) is 17.6 Å². The van der Waals surface area contributed by atoms with E-state index in [9.17, 15) is 9.90 Å². The van der Waals surface area contributed by atoms with Gasteiger partial charge in [0.1, 0.15) is 5.58 Å². The van der Waals surface area contributed by atoms with Gasteiger partial charge in [-0.25, -0.2) is 0 Å². The summed E-state index contributed by atoms with van der Waals surface area (Å²) < 4.78 is 10.7. The average Bonchev–Trinajstić information content (AvgIpc) is 2.39. The van der Waals surface area contributed by atoms with Gasteiger partial charge in [-0.05, 0) is 19.1 Å². The molecule has 0 aliphatic heterocycles. The number of fused-ring (bicyclic) bond motifs is 1. The Hall–Kier alpha value is -1.36. The Bertz CT molecular complexity index is 607. The van der Waals surface area contributed by atoms with Crippen molar-refractivity contribution in [2.24, 2.45) is 0 Å². The van der Waals surface area contributed by atoms with E-state index in [-0.39, 0.29) is 23.7 Å². The number of aliphatic hydroxyl groups is 1. The zero-order chi connectivity index (χ0) is 13.2. The van der Waals surface area contributed by atoms with Gasteiger partial charge in [0.05, 0.1) is 11.3 Å². The molecule has 0 saturated heterocycles. The lowest BCUT2D eigenvalue weighted by Gasteiger charge is -2.24. The highest BCUT2D eigenvalue weighted by Gasteiger charge is 2.32. The van der Waals surface area contributed by atoms with Crippen LogP contribution in [0.3, 0.4) is 0 Å². The fraction of sp³-hybridized carbons (Fsp3) is 0.308.